The lowest BCUT2D eigenvalue weighted by molar-refractivity contribution is -0.385. The first-order valence-corrected chi connectivity index (χ1v) is 3.76. The van der Waals surface area contributed by atoms with Gasteiger partial charge in [0.1, 0.15) is 4.47 Å². The Labute approximate surface area is 76.9 Å². The lowest BCUT2D eigenvalue weighted by Crippen LogP contribution is -1.88. The van der Waals surface area contributed by atoms with Gasteiger partial charge in [-0.3, -0.25) is 10.1 Å². The number of halogens is 1. The molecule has 0 atom stereocenters. The molecule has 60 valence electrons. The van der Waals surface area contributed by atoms with E-state index in [1.54, 1.807) is 0 Å². The van der Waals surface area contributed by atoms with Crippen molar-refractivity contribution in [1.29, 1.82) is 0 Å². The molecule has 0 saturated carbocycles. The average molecular weight is 227 g/mol. The highest BCUT2D eigenvalue weighted by atomic mass is 79.9. The first-order chi connectivity index (χ1) is 5.66. The molecule has 0 aliphatic heterocycles. The molecule has 12 heavy (non-hydrogen) atoms. The number of benzene rings is 1. The molecule has 0 unspecified atom stereocenters. The van der Waals surface area contributed by atoms with Gasteiger partial charge in [-0.1, -0.05) is 28.1 Å². The van der Waals surface area contributed by atoms with Crippen molar-refractivity contribution < 1.29 is 4.92 Å². The van der Waals surface area contributed by atoms with E-state index in [0.29, 0.717) is 0 Å². The minimum absolute atomic E-state index is 0.0801. The van der Waals surface area contributed by atoms with E-state index in [2.05, 4.69) is 20.8 Å². The van der Waals surface area contributed by atoms with Crippen molar-refractivity contribution in [3.63, 3.8) is 0 Å². The van der Waals surface area contributed by atoms with Crippen molar-refractivity contribution in [2.45, 2.75) is 0 Å². The average Bonchev–Trinajstić information content (AvgIpc) is 2.04. The van der Waals surface area contributed by atoms with Gasteiger partial charge >= 0.3 is 0 Å². The van der Waals surface area contributed by atoms with Crippen LogP contribution in [-0.2, 0) is 0 Å². The Morgan fingerprint density at radius 2 is 2.25 bits per heavy atom. The maximum atomic E-state index is 10.4. The molecule has 1 aromatic rings. The van der Waals surface area contributed by atoms with Crippen molar-refractivity contribution in [3.8, 4) is 0 Å². The molecule has 1 rings (SSSR count). The third-order valence-electron chi connectivity index (χ3n) is 1.28. The van der Waals surface area contributed by atoms with E-state index in [9.17, 15) is 10.1 Å². The standard InChI is InChI=1S/C7H3BrN2O2/c1-9-5-3-2-4-6(7(5)8)10(11)12/h2-4H. The van der Waals surface area contributed by atoms with E-state index in [1.807, 2.05) is 0 Å². The molecular formula is C7H3BrN2O2. The van der Waals surface area contributed by atoms with E-state index in [1.165, 1.54) is 18.2 Å². The Morgan fingerprint density at radius 1 is 1.58 bits per heavy atom. The van der Waals surface area contributed by atoms with Gasteiger partial charge < -0.3 is 0 Å². The molecule has 0 saturated heterocycles. The summed E-state index contributed by atoms with van der Waals surface area (Å²) >= 11 is 2.99. The Bertz CT molecular complexity index is 370. The third-order valence-corrected chi connectivity index (χ3v) is 2.09. The molecule has 0 amide bonds. The molecule has 0 aliphatic carbocycles. The van der Waals surface area contributed by atoms with Gasteiger partial charge in [0.15, 0.2) is 0 Å². The molecule has 5 heteroatoms. The maximum Gasteiger partial charge on any atom is 0.273 e. The van der Waals surface area contributed by atoms with Crippen molar-refractivity contribution in [2.75, 3.05) is 0 Å². The number of hydrogen-bond donors (Lipinski definition) is 0. The van der Waals surface area contributed by atoms with Gasteiger partial charge in [0.25, 0.3) is 5.69 Å². The van der Waals surface area contributed by atoms with Crippen LogP contribution in [0, 0.1) is 16.7 Å². The fourth-order valence-electron chi connectivity index (χ4n) is 0.735. The molecule has 0 fully saturated rings. The molecule has 0 spiro atoms. The van der Waals surface area contributed by atoms with Gasteiger partial charge in [-0.2, -0.15) is 0 Å². The first kappa shape index (κ1) is 8.68. The van der Waals surface area contributed by atoms with E-state index in [0.717, 1.165) is 0 Å². The second-order valence-corrected chi connectivity index (χ2v) is 2.77. The van der Waals surface area contributed by atoms with Crippen LogP contribution < -0.4 is 0 Å². The largest absolute Gasteiger partial charge is 0.273 e. The summed E-state index contributed by atoms with van der Waals surface area (Å²) in [6.07, 6.45) is 0. The van der Waals surface area contributed by atoms with Crippen LogP contribution in [-0.4, -0.2) is 4.92 Å². The zero-order chi connectivity index (χ0) is 9.14. The van der Waals surface area contributed by atoms with Crippen LogP contribution in [0.25, 0.3) is 4.85 Å². The highest BCUT2D eigenvalue weighted by Gasteiger charge is 2.13. The molecule has 0 aromatic heterocycles. The van der Waals surface area contributed by atoms with Gasteiger partial charge in [-0.05, 0) is 0 Å². The normalized spacial score (nSPS) is 9.00. The smallest absolute Gasteiger partial charge is 0.258 e. The summed E-state index contributed by atoms with van der Waals surface area (Å²) in [4.78, 5) is 12.9. The predicted molar refractivity (Wildman–Crippen MR) is 47.1 cm³/mol. The lowest BCUT2D eigenvalue weighted by atomic mass is 10.3. The zero-order valence-electron chi connectivity index (χ0n) is 5.82. The van der Waals surface area contributed by atoms with Crippen LogP contribution in [0.3, 0.4) is 0 Å². The molecule has 0 heterocycles. The number of rotatable bonds is 1. The maximum absolute atomic E-state index is 10.4. The monoisotopic (exact) mass is 226 g/mol. The van der Waals surface area contributed by atoms with Gasteiger partial charge in [0, 0.05) is 6.07 Å². The summed E-state index contributed by atoms with van der Waals surface area (Å²) in [5.41, 5.74) is 0.174. The molecule has 0 N–H and O–H groups in total. The Kier molecular flexibility index (Phi) is 2.41. The van der Waals surface area contributed by atoms with Crippen LogP contribution in [0.1, 0.15) is 0 Å². The summed E-state index contributed by atoms with van der Waals surface area (Å²) in [6.45, 7) is 6.69. The molecule has 0 radical (unpaired) electrons. The Morgan fingerprint density at radius 3 is 2.75 bits per heavy atom. The fourth-order valence-corrected chi connectivity index (χ4v) is 1.23. The van der Waals surface area contributed by atoms with Crippen LogP contribution in [0.15, 0.2) is 22.7 Å². The second-order valence-electron chi connectivity index (χ2n) is 1.98. The lowest BCUT2D eigenvalue weighted by Gasteiger charge is -1.95. The SMILES string of the molecule is [C-]#[N+]c1cccc([N+](=O)[O-])c1Br. The predicted octanol–water partition coefficient (Wildman–Crippen LogP) is 2.91. The van der Waals surface area contributed by atoms with E-state index in [4.69, 9.17) is 6.57 Å². The minimum atomic E-state index is -0.529. The van der Waals surface area contributed by atoms with Crippen molar-refractivity contribution in [3.05, 3.63) is 44.2 Å². The van der Waals surface area contributed by atoms with Gasteiger partial charge in [0.05, 0.1) is 11.5 Å². The summed E-state index contributed by atoms with van der Waals surface area (Å²) < 4.78 is 0.241. The first-order valence-electron chi connectivity index (χ1n) is 2.97. The van der Waals surface area contributed by atoms with Gasteiger partial charge in [0.2, 0.25) is 5.69 Å². The van der Waals surface area contributed by atoms with Gasteiger partial charge in [-0.15, -0.1) is 0 Å². The Balaban J connectivity index is 3.35. The van der Waals surface area contributed by atoms with Crippen molar-refractivity contribution in [2.24, 2.45) is 0 Å². The molecule has 4 nitrogen and oxygen atoms in total. The number of nitrogens with zero attached hydrogens (tertiary/aromatic N) is 2. The van der Waals surface area contributed by atoms with Crippen LogP contribution in [0.4, 0.5) is 11.4 Å². The van der Waals surface area contributed by atoms with Crippen LogP contribution >= 0.6 is 15.9 Å². The number of nitro groups is 1. The topological polar surface area (TPSA) is 47.5 Å². The summed E-state index contributed by atoms with van der Waals surface area (Å²) in [5, 5.41) is 10.4. The van der Waals surface area contributed by atoms with E-state index < -0.39 is 4.92 Å². The van der Waals surface area contributed by atoms with Crippen molar-refractivity contribution in [1.82, 2.24) is 0 Å². The quantitative estimate of drug-likeness (QED) is 0.420. The molecule has 0 bridgehead atoms. The zero-order valence-corrected chi connectivity index (χ0v) is 7.41. The fraction of sp³-hybridized carbons (Fsp3) is 0. The highest BCUT2D eigenvalue weighted by Crippen LogP contribution is 2.33. The minimum Gasteiger partial charge on any atom is -0.258 e. The molecule has 0 aliphatic rings. The van der Waals surface area contributed by atoms with Gasteiger partial charge in [-0.25, -0.2) is 4.85 Å². The summed E-state index contributed by atoms with van der Waals surface area (Å²) in [7, 11) is 0. The van der Waals surface area contributed by atoms with Crippen LogP contribution in [0.2, 0.25) is 0 Å². The van der Waals surface area contributed by atoms with Crippen LogP contribution in [0.5, 0.6) is 0 Å². The third kappa shape index (κ3) is 1.43. The van der Waals surface area contributed by atoms with Crippen molar-refractivity contribution >= 4 is 27.3 Å². The Hall–Kier alpha value is -1.41. The number of hydrogen-bond acceptors (Lipinski definition) is 2. The summed E-state index contributed by atoms with van der Waals surface area (Å²) in [5.74, 6) is 0. The molecule has 1 aromatic carbocycles. The second kappa shape index (κ2) is 3.32. The number of nitro benzene ring substituents is 1. The summed E-state index contributed by atoms with van der Waals surface area (Å²) in [6, 6.07) is 4.35. The van der Waals surface area contributed by atoms with E-state index in [-0.39, 0.29) is 15.8 Å². The van der Waals surface area contributed by atoms with E-state index >= 15 is 0 Å². The molecular weight excluding hydrogens is 224 g/mol. The highest BCUT2D eigenvalue weighted by molar-refractivity contribution is 9.10.